The Kier molecular flexibility index (Phi) is 5.02. The van der Waals surface area contributed by atoms with E-state index in [9.17, 15) is 4.39 Å². The molecule has 0 unspecified atom stereocenters. The highest BCUT2D eigenvalue weighted by Gasteiger charge is 2.18. The fourth-order valence-corrected chi connectivity index (χ4v) is 3.18. The Morgan fingerprint density at radius 1 is 1.04 bits per heavy atom. The van der Waals surface area contributed by atoms with Crippen molar-refractivity contribution in [2.45, 2.75) is 26.2 Å². The lowest BCUT2D eigenvalue weighted by atomic mass is 10.1. The SMILES string of the molecule is COc1ccc(CN2CCn3cnnc3C2)cc1OCc1ccc(F)cc1. The highest BCUT2D eigenvalue weighted by Crippen LogP contribution is 2.29. The summed E-state index contributed by atoms with van der Waals surface area (Å²) in [5.74, 6) is 2.09. The zero-order valence-electron chi connectivity index (χ0n) is 15.1. The first-order valence-electron chi connectivity index (χ1n) is 8.84. The van der Waals surface area contributed by atoms with Crippen LogP contribution in [0.4, 0.5) is 4.39 Å². The average molecular weight is 368 g/mol. The molecule has 0 spiro atoms. The van der Waals surface area contributed by atoms with Crippen LogP contribution in [0.5, 0.6) is 11.5 Å². The molecule has 6 nitrogen and oxygen atoms in total. The van der Waals surface area contributed by atoms with E-state index in [4.69, 9.17) is 9.47 Å². The van der Waals surface area contributed by atoms with Crippen molar-refractivity contribution in [2.75, 3.05) is 13.7 Å². The Labute approximate surface area is 157 Å². The molecule has 27 heavy (non-hydrogen) atoms. The molecule has 1 aliphatic rings. The average Bonchev–Trinajstić information content (AvgIpc) is 3.15. The Hall–Kier alpha value is -2.93. The molecule has 0 saturated heterocycles. The van der Waals surface area contributed by atoms with Crippen LogP contribution in [0.25, 0.3) is 0 Å². The third-order valence-electron chi connectivity index (χ3n) is 4.66. The molecule has 4 rings (SSSR count). The van der Waals surface area contributed by atoms with Crippen molar-refractivity contribution in [3.63, 3.8) is 0 Å². The predicted octanol–water partition coefficient (Wildman–Crippen LogP) is 3.02. The summed E-state index contributed by atoms with van der Waals surface area (Å²) in [7, 11) is 1.62. The monoisotopic (exact) mass is 368 g/mol. The minimum Gasteiger partial charge on any atom is -0.493 e. The number of fused-ring (bicyclic) bond motifs is 1. The Morgan fingerprint density at radius 2 is 1.85 bits per heavy atom. The number of ether oxygens (including phenoxy) is 2. The number of aromatic nitrogens is 3. The van der Waals surface area contributed by atoms with E-state index < -0.39 is 0 Å². The van der Waals surface area contributed by atoms with Gasteiger partial charge in [0.1, 0.15) is 24.6 Å². The molecular formula is C20H21FN4O2. The van der Waals surface area contributed by atoms with Crippen molar-refractivity contribution >= 4 is 0 Å². The molecule has 2 heterocycles. The first-order valence-corrected chi connectivity index (χ1v) is 8.84. The summed E-state index contributed by atoms with van der Waals surface area (Å²) in [6.07, 6.45) is 1.78. The molecule has 3 aromatic rings. The fourth-order valence-electron chi connectivity index (χ4n) is 3.18. The van der Waals surface area contributed by atoms with Crippen LogP contribution in [0.3, 0.4) is 0 Å². The van der Waals surface area contributed by atoms with Gasteiger partial charge in [-0.15, -0.1) is 10.2 Å². The van der Waals surface area contributed by atoms with Gasteiger partial charge in [0.15, 0.2) is 11.5 Å². The molecular weight excluding hydrogens is 347 g/mol. The van der Waals surface area contributed by atoms with Gasteiger partial charge in [-0.1, -0.05) is 18.2 Å². The van der Waals surface area contributed by atoms with E-state index >= 15 is 0 Å². The standard InChI is InChI=1S/C20H21FN4O2/c1-26-18-7-4-16(11-24-8-9-25-14-22-23-20(25)12-24)10-19(18)27-13-15-2-5-17(21)6-3-15/h2-7,10,14H,8-9,11-13H2,1H3. The lowest BCUT2D eigenvalue weighted by Crippen LogP contribution is -2.33. The van der Waals surface area contributed by atoms with Gasteiger partial charge in [0.2, 0.25) is 0 Å². The second-order valence-electron chi connectivity index (χ2n) is 6.55. The number of halogens is 1. The van der Waals surface area contributed by atoms with Crippen molar-refractivity contribution in [3.8, 4) is 11.5 Å². The lowest BCUT2D eigenvalue weighted by molar-refractivity contribution is 0.208. The molecule has 140 valence electrons. The minimum atomic E-state index is -0.254. The third kappa shape index (κ3) is 4.09. The van der Waals surface area contributed by atoms with Crippen molar-refractivity contribution < 1.29 is 13.9 Å². The van der Waals surface area contributed by atoms with Crippen molar-refractivity contribution in [2.24, 2.45) is 0 Å². The van der Waals surface area contributed by atoms with Gasteiger partial charge < -0.3 is 14.0 Å². The van der Waals surface area contributed by atoms with Crippen molar-refractivity contribution in [1.82, 2.24) is 19.7 Å². The molecule has 0 N–H and O–H groups in total. The fraction of sp³-hybridized carbons (Fsp3) is 0.300. The number of benzene rings is 2. The Morgan fingerprint density at radius 3 is 2.67 bits per heavy atom. The van der Waals surface area contributed by atoms with E-state index in [0.717, 1.165) is 43.1 Å². The summed E-state index contributed by atoms with van der Waals surface area (Å²) in [4.78, 5) is 2.33. The van der Waals surface area contributed by atoms with Crippen LogP contribution in [0.1, 0.15) is 17.0 Å². The van der Waals surface area contributed by atoms with Crippen LogP contribution in [0.2, 0.25) is 0 Å². The number of methoxy groups -OCH3 is 1. The lowest BCUT2D eigenvalue weighted by Gasteiger charge is -2.27. The summed E-state index contributed by atoms with van der Waals surface area (Å²) >= 11 is 0. The van der Waals surface area contributed by atoms with Gasteiger partial charge in [-0.25, -0.2) is 4.39 Å². The smallest absolute Gasteiger partial charge is 0.161 e. The largest absolute Gasteiger partial charge is 0.493 e. The first-order chi connectivity index (χ1) is 13.2. The van der Waals surface area contributed by atoms with Gasteiger partial charge in [-0.05, 0) is 35.4 Å². The van der Waals surface area contributed by atoms with Crippen LogP contribution in [0.15, 0.2) is 48.8 Å². The van der Waals surface area contributed by atoms with Gasteiger partial charge in [-0.2, -0.15) is 0 Å². The second-order valence-corrected chi connectivity index (χ2v) is 6.55. The normalized spacial score (nSPS) is 14.0. The number of hydrogen-bond donors (Lipinski definition) is 0. The summed E-state index contributed by atoms with van der Waals surface area (Å²) < 4.78 is 26.5. The molecule has 0 aliphatic carbocycles. The van der Waals surface area contributed by atoms with Gasteiger partial charge in [0, 0.05) is 19.6 Å². The first kappa shape index (κ1) is 17.5. The molecule has 2 aromatic carbocycles. The maximum Gasteiger partial charge on any atom is 0.161 e. The molecule has 0 saturated carbocycles. The highest BCUT2D eigenvalue weighted by atomic mass is 19.1. The molecule has 7 heteroatoms. The summed E-state index contributed by atoms with van der Waals surface area (Å²) in [6.45, 7) is 3.77. The van der Waals surface area contributed by atoms with Gasteiger partial charge in [0.05, 0.1) is 13.7 Å². The molecule has 0 bridgehead atoms. The van der Waals surface area contributed by atoms with Crippen LogP contribution < -0.4 is 9.47 Å². The van der Waals surface area contributed by atoms with Crippen LogP contribution in [0, 0.1) is 5.82 Å². The molecule has 0 fully saturated rings. The van der Waals surface area contributed by atoms with E-state index in [1.807, 2.05) is 18.2 Å². The Balaban J connectivity index is 1.45. The quantitative estimate of drug-likeness (QED) is 0.669. The van der Waals surface area contributed by atoms with Gasteiger partial charge in [0.25, 0.3) is 0 Å². The maximum atomic E-state index is 13.0. The van der Waals surface area contributed by atoms with Gasteiger partial charge >= 0.3 is 0 Å². The third-order valence-corrected chi connectivity index (χ3v) is 4.66. The zero-order valence-corrected chi connectivity index (χ0v) is 15.1. The van der Waals surface area contributed by atoms with Crippen LogP contribution in [-0.4, -0.2) is 33.3 Å². The van der Waals surface area contributed by atoms with E-state index in [1.165, 1.54) is 12.1 Å². The highest BCUT2D eigenvalue weighted by molar-refractivity contribution is 5.43. The topological polar surface area (TPSA) is 52.4 Å². The number of rotatable bonds is 6. The van der Waals surface area contributed by atoms with Crippen molar-refractivity contribution in [1.29, 1.82) is 0 Å². The molecule has 0 atom stereocenters. The zero-order chi connectivity index (χ0) is 18.6. The van der Waals surface area contributed by atoms with Crippen LogP contribution in [-0.2, 0) is 26.2 Å². The van der Waals surface area contributed by atoms with E-state index in [1.54, 1.807) is 25.6 Å². The van der Waals surface area contributed by atoms with E-state index in [-0.39, 0.29) is 5.82 Å². The van der Waals surface area contributed by atoms with Gasteiger partial charge in [-0.3, -0.25) is 4.90 Å². The van der Waals surface area contributed by atoms with E-state index in [2.05, 4.69) is 19.7 Å². The van der Waals surface area contributed by atoms with Crippen LogP contribution >= 0.6 is 0 Å². The minimum absolute atomic E-state index is 0.254. The molecule has 1 aliphatic heterocycles. The summed E-state index contributed by atoms with van der Waals surface area (Å²) in [5, 5.41) is 8.13. The molecule has 0 radical (unpaired) electrons. The Bertz CT molecular complexity index is 911. The second kappa shape index (κ2) is 7.75. The molecule has 0 amide bonds. The number of hydrogen-bond acceptors (Lipinski definition) is 5. The number of nitrogens with zero attached hydrogens (tertiary/aromatic N) is 4. The van der Waals surface area contributed by atoms with Crippen molar-refractivity contribution in [3.05, 3.63) is 71.6 Å². The molecule has 1 aromatic heterocycles. The maximum absolute atomic E-state index is 13.0. The summed E-state index contributed by atoms with van der Waals surface area (Å²) in [6, 6.07) is 12.3. The van der Waals surface area contributed by atoms with E-state index in [0.29, 0.717) is 18.1 Å². The summed E-state index contributed by atoms with van der Waals surface area (Å²) in [5.41, 5.74) is 2.04. The predicted molar refractivity (Wildman–Crippen MR) is 97.9 cm³/mol.